The second-order valence-electron chi connectivity index (χ2n) is 10.6. The van der Waals surface area contributed by atoms with Gasteiger partial charge in [0.05, 0.1) is 39.5 Å². The van der Waals surface area contributed by atoms with Crippen molar-refractivity contribution in [3.63, 3.8) is 0 Å². The van der Waals surface area contributed by atoms with Crippen LogP contribution in [0.2, 0.25) is 0 Å². The number of hydrogen-bond acceptors (Lipinski definition) is 10. The number of alkyl halides is 3. The molecule has 0 amide bonds. The summed E-state index contributed by atoms with van der Waals surface area (Å²) < 4.78 is 45.7. The summed E-state index contributed by atoms with van der Waals surface area (Å²) in [6, 6.07) is 6.93. The van der Waals surface area contributed by atoms with Crippen LogP contribution in [0.5, 0.6) is 0 Å². The van der Waals surface area contributed by atoms with E-state index in [1.54, 1.807) is 48.4 Å². The van der Waals surface area contributed by atoms with Crippen LogP contribution in [0, 0.1) is 19.8 Å². The Morgan fingerprint density at radius 3 is 2.49 bits per heavy atom. The first-order chi connectivity index (χ1) is 20.6. The molecule has 14 heteroatoms. The van der Waals surface area contributed by atoms with Crippen molar-refractivity contribution in [1.29, 1.82) is 0 Å². The molecule has 5 aromatic rings. The maximum absolute atomic E-state index is 14.4. The third-order valence-corrected chi connectivity index (χ3v) is 8.64. The van der Waals surface area contributed by atoms with Crippen LogP contribution in [0.4, 0.5) is 24.9 Å². The molecule has 0 bridgehead atoms. The molecule has 4 atom stereocenters. The molecule has 1 aromatic carbocycles. The van der Waals surface area contributed by atoms with E-state index in [1.165, 1.54) is 23.5 Å². The number of pyridine rings is 1. The number of benzene rings is 1. The summed E-state index contributed by atoms with van der Waals surface area (Å²) in [7, 11) is 0. The van der Waals surface area contributed by atoms with Gasteiger partial charge in [-0.2, -0.15) is 23.3 Å². The van der Waals surface area contributed by atoms with Gasteiger partial charge in [-0.15, -0.1) is 11.3 Å². The zero-order valence-corrected chi connectivity index (χ0v) is 24.1. The fourth-order valence-corrected chi connectivity index (χ4v) is 6.52. The quantitative estimate of drug-likeness (QED) is 0.187. The van der Waals surface area contributed by atoms with E-state index < -0.39 is 24.4 Å². The number of hydrogen-bond donors (Lipinski definition) is 4. The van der Waals surface area contributed by atoms with Gasteiger partial charge in [0.25, 0.3) is 0 Å². The van der Waals surface area contributed by atoms with Gasteiger partial charge in [-0.1, -0.05) is 12.1 Å². The molecule has 6 rings (SSSR count). The lowest BCUT2D eigenvalue weighted by molar-refractivity contribution is -0.144. The number of aliphatic hydroxyl groups excluding tert-OH is 2. The first-order valence-electron chi connectivity index (χ1n) is 13.7. The maximum atomic E-state index is 14.4. The lowest BCUT2D eigenvalue weighted by Gasteiger charge is -2.24. The molecular weight excluding hydrogens is 581 g/mol. The highest BCUT2D eigenvalue weighted by atomic mass is 32.1. The highest BCUT2D eigenvalue weighted by Gasteiger charge is 2.42. The predicted octanol–water partition coefficient (Wildman–Crippen LogP) is 5.21. The summed E-state index contributed by atoms with van der Waals surface area (Å²) in [6.45, 7) is 3.46. The van der Waals surface area contributed by atoms with Crippen LogP contribution >= 0.6 is 11.3 Å². The van der Waals surface area contributed by atoms with E-state index in [4.69, 9.17) is 4.98 Å². The van der Waals surface area contributed by atoms with Crippen LogP contribution in [0.25, 0.3) is 26.5 Å². The van der Waals surface area contributed by atoms with Crippen LogP contribution < -0.4 is 10.6 Å². The van der Waals surface area contributed by atoms with Gasteiger partial charge in [0.2, 0.25) is 5.95 Å². The molecule has 43 heavy (non-hydrogen) atoms. The molecule has 4 N–H and O–H groups in total. The van der Waals surface area contributed by atoms with Crippen molar-refractivity contribution in [2.45, 2.75) is 51.1 Å². The van der Waals surface area contributed by atoms with E-state index in [0.29, 0.717) is 40.3 Å². The SMILES string of the molecule is Cc1nc(N[C@H](c2ccc(-n3cccn3)cc2)C(F)(F)F)nc(N[C@@H]2C[C@H](CO)C[C@H]2O)c1-c1nc2c(C)nccc2s1. The molecule has 0 unspecified atom stereocenters. The molecule has 1 saturated carbocycles. The van der Waals surface area contributed by atoms with E-state index >= 15 is 0 Å². The first kappa shape index (κ1) is 29.0. The van der Waals surface area contributed by atoms with Crippen molar-refractivity contribution in [2.24, 2.45) is 5.92 Å². The maximum Gasteiger partial charge on any atom is 0.412 e. The smallest absolute Gasteiger partial charge is 0.396 e. The van der Waals surface area contributed by atoms with Gasteiger partial charge < -0.3 is 20.8 Å². The number of halogens is 3. The first-order valence-corrected chi connectivity index (χ1v) is 14.5. The number of fused-ring (bicyclic) bond motifs is 1. The highest BCUT2D eigenvalue weighted by molar-refractivity contribution is 7.21. The Balaban J connectivity index is 1.39. The number of rotatable bonds is 8. The van der Waals surface area contributed by atoms with Gasteiger partial charge in [0, 0.05) is 25.2 Å². The zero-order valence-electron chi connectivity index (χ0n) is 23.2. The third kappa shape index (κ3) is 5.90. The fourth-order valence-electron chi connectivity index (χ4n) is 5.41. The Kier molecular flexibility index (Phi) is 7.75. The Bertz CT molecular complexity index is 1730. The van der Waals surface area contributed by atoms with Crippen molar-refractivity contribution in [3.8, 4) is 16.3 Å². The van der Waals surface area contributed by atoms with Crippen LogP contribution in [0.1, 0.15) is 35.8 Å². The Hall–Kier alpha value is -4.14. The lowest BCUT2D eigenvalue weighted by atomic mass is 10.1. The zero-order chi connectivity index (χ0) is 30.3. The summed E-state index contributed by atoms with van der Waals surface area (Å²) in [5.74, 6) is -0.0865. The second kappa shape index (κ2) is 11.5. The Morgan fingerprint density at radius 2 is 1.84 bits per heavy atom. The Labute approximate surface area is 248 Å². The molecule has 0 radical (unpaired) electrons. The largest absolute Gasteiger partial charge is 0.412 e. The van der Waals surface area contributed by atoms with Crippen LogP contribution in [-0.4, -0.2) is 64.9 Å². The minimum absolute atomic E-state index is 0.0191. The lowest BCUT2D eigenvalue weighted by Crippen LogP contribution is -2.30. The second-order valence-corrected chi connectivity index (χ2v) is 11.6. The van der Waals surface area contributed by atoms with E-state index in [2.05, 4.69) is 30.7 Å². The molecular formula is C29H29F3N8O2S. The van der Waals surface area contributed by atoms with Crippen molar-refractivity contribution in [3.05, 3.63) is 71.9 Å². The minimum Gasteiger partial charge on any atom is -0.396 e. The number of aryl methyl sites for hydroxylation is 2. The topological polar surface area (TPSA) is 134 Å². The van der Waals surface area contributed by atoms with Gasteiger partial charge in [-0.05, 0) is 62.4 Å². The normalized spacial score (nSPS) is 19.6. The summed E-state index contributed by atoms with van der Waals surface area (Å²) >= 11 is 1.40. The number of nitrogens with one attached hydrogen (secondary N) is 2. The number of aromatic nitrogens is 6. The average molecular weight is 611 g/mol. The minimum atomic E-state index is -4.66. The van der Waals surface area contributed by atoms with Crippen LogP contribution in [0.15, 0.2) is 55.0 Å². The van der Waals surface area contributed by atoms with Gasteiger partial charge in [-0.25, -0.2) is 14.6 Å². The molecule has 4 heterocycles. The summed E-state index contributed by atoms with van der Waals surface area (Å²) in [5, 5.41) is 30.8. The standard InChI is InChI=1S/C29H29F3N8O2S/c1-15-23(27-37-24-16(2)33-10-8-22(24)43-27)26(36-20-12-17(14-41)13-21(20)42)39-28(35-15)38-25(29(30,31)32)18-4-6-19(7-5-18)40-11-3-9-34-40/h3-11,17,20-21,25,41-42H,12-14H2,1-2H3,(H2,35,36,38,39)/t17-,20+,21+,25+/m0/s1. The number of aliphatic hydroxyl groups is 2. The predicted molar refractivity (Wildman–Crippen MR) is 157 cm³/mol. The van der Waals surface area contributed by atoms with Crippen LogP contribution in [0.3, 0.4) is 0 Å². The Morgan fingerprint density at radius 1 is 1.05 bits per heavy atom. The van der Waals surface area contributed by atoms with E-state index in [1.807, 2.05) is 13.0 Å². The molecule has 0 spiro atoms. The summed E-state index contributed by atoms with van der Waals surface area (Å²) in [5.41, 5.74) is 3.00. The molecule has 0 aliphatic heterocycles. The van der Waals surface area contributed by atoms with Gasteiger partial charge >= 0.3 is 6.18 Å². The van der Waals surface area contributed by atoms with Crippen molar-refractivity contribution < 1.29 is 23.4 Å². The molecule has 0 saturated heterocycles. The summed E-state index contributed by atoms with van der Waals surface area (Å²) in [4.78, 5) is 18.0. The molecule has 10 nitrogen and oxygen atoms in total. The highest BCUT2D eigenvalue weighted by Crippen LogP contribution is 2.40. The molecule has 1 fully saturated rings. The number of thiazole rings is 1. The molecule has 224 valence electrons. The molecule has 1 aliphatic carbocycles. The molecule has 1 aliphatic rings. The molecule has 4 aromatic heterocycles. The van der Waals surface area contributed by atoms with E-state index in [9.17, 15) is 23.4 Å². The number of nitrogens with zero attached hydrogens (tertiary/aromatic N) is 6. The average Bonchev–Trinajstić information content (AvgIpc) is 3.72. The van der Waals surface area contributed by atoms with E-state index in [0.717, 1.165) is 10.4 Å². The fraction of sp³-hybridized carbons (Fsp3) is 0.345. The van der Waals surface area contributed by atoms with Crippen LogP contribution in [-0.2, 0) is 0 Å². The van der Waals surface area contributed by atoms with E-state index in [-0.39, 0.29) is 29.9 Å². The van der Waals surface area contributed by atoms with Gasteiger partial charge in [0.15, 0.2) is 6.04 Å². The third-order valence-electron chi connectivity index (χ3n) is 7.60. The van der Waals surface area contributed by atoms with Crippen molar-refractivity contribution >= 4 is 33.3 Å². The summed E-state index contributed by atoms with van der Waals surface area (Å²) in [6.07, 6.45) is 0.421. The number of anilines is 2. The van der Waals surface area contributed by atoms with Crippen molar-refractivity contribution in [1.82, 2.24) is 29.7 Å². The monoisotopic (exact) mass is 610 g/mol. The van der Waals surface area contributed by atoms with Gasteiger partial charge in [0.1, 0.15) is 16.3 Å². The van der Waals surface area contributed by atoms with Crippen molar-refractivity contribution in [2.75, 3.05) is 17.2 Å². The van der Waals surface area contributed by atoms with Gasteiger partial charge in [-0.3, -0.25) is 4.98 Å².